The van der Waals surface area contributed by atoms with E-state index in [-0.39, 0.29) is 12.7 Å². The van der Waals surface area contributed by atoms with E-state index in [0.29, 0.717) is 6.54 Å². The third kappa shape index (κ3) is 3.74. The van der Waals surface area contributed by atoms with E-state index in [1.165, 1.54) is 11.3 Å². The first-order chi connectivity index (χ1) is 14.3. The van der Waals surface area contributed by atoms with Gasteiger partial charge in [0.2, 0.25) is 6.79 Å². The topological polar surface area (TPSA) is 60.5 Å². The van der Waals surface area contributed by atoms with Gasteiger partial charge in [0.1, 0.15) is 5.01 Å². The second-order valence-electron chi connectivity index (χ2n) is 6.46. The molecule has 144 valence electrons. The second-order valence-corrected chi connectivity index (χ2v) is 8.27. The lowest BCUT2D eigenvalue weighted by Gasteiger charge is -2.05. The number of nitrogens with one attached hydrogen (secondary N) is 1. The zero-order chi connectivity index (χ0) is 19.6. The van der Waals surface area contributed by atoms with Gasteiger partial charge in [0.25, 0.3) is 5.91 Å². The lowest BCUT2D eigenvalue weighted by molar-refractivity contribution is 0.0955. The number of hydrogen-bond donors (Lipinski definition) is 1. The highest BCUT2D eigenvalue weighted by Crippen LogP contribution is 2.37. The van der Waals surface area contributed by atoms with E-state index >= 15 is 0 Å². The molecule has 1 aliphatic heterocycles. The van der Waals surface area contributed by atoms with Crippen LogP contribution in [0.2, 0.25) is 0 Å². The van der Waals surface area contributed by atoms with Gasteiger partial charge in [0.15, 0.2) is 11.5 Å². The molecule has 0 aliphatic carbocycles. The van der Waals surface area contributed by atoms with Crippen LogP contribution in [0.3, 0.4) is 0 Å². The number of carbonyl (C=O) groups excluding carboxylic acids is 1. The average molecular weight is 421 g/mol. The summed E-state index contributed by atoms with van der Waals surface area (Å²) in [5.41, 5.74) is 4.02. The molecule has 29 heavy (non-hydrogen) atoms. The number of carbonyl (C=O) groups is 1. The van der Waals surface area contributed by atoms with E-state index in [2.05, 4.69) is 5.32 Å². The Labute approximate surface area is 175 Å². The highest BCUT2D eigenvalue weighted by Gasteiger charge is 2.15. The first kappa shape index (κ1) is 17.9. The fraction of sp³-hybridized carbons (Fsp3) is 0.0909. The number of amides is 1. The van der Waals surface area contributed by atoms with Crippen LogP contribution in [-0.2, 0) is 6.54 Å². The summed E-state index contributed by atoms with van der Waals surface area (Å²) in [6, 6.07) is 17.7. The van der Waals surface area contributed by atoms with Crippen molar-refractivity contribution in [3.05, 3.63) is 75.8 Å². The van der Waals surface area contributed by atoms with Gasteiger partial charge in [0.05, 0.1) is 10.6 Å². The van der Waals surface area contributed by atoms with E-state index in [1.54, 1.807) is 11.3 Å². The Kier molecular flexibility index (Phi) is 4.75. The summed E-state index contributed by atoms with van der Waals surface area (Å²) in [6.45, 7) is 0.762. The van der Waals surface area contributed by atoms with Crippen molar-refractivity contribution in [3.8, 4) is 33.3 Å². The number of fused-ring (bicyclic) bond motifs is 1. The van der Waals surface area contributed by atoms with Gasteiger partial charge in [-0.15, -0.1) is 22.7 Å². The smallest absolute Gasteiger partial charge is 0.261 e. The van der Waals surface area contributed by atoms with Gasteiger partial charge in [-0.3, -0.25) is 4.79 Å². The number of hydrogen-bond acceptors (Lipinski definition) is 6. The summed E-state index contributed by atoms with van der Waals surface area (Å²) >= 11 is 3.04. The predicted molar refractivity (Wildman–Crippen MR) is 115 cm³/mol. The van der Waals surface area contributed by atoms with E-state index in [4.69, 9.17) is 14.5 Å². The van der Waals surface area contributed by atoms with Crippen LogP contribution in [0.1, 0.15) is 15.2 Å². The standard InChI is InChI=1S/C22H16N2O3S2/c25-21(20-2-1-9-28-20)23-11-14-3-5-15(6-4-14)22-24-17(12-29-22)16-7-8-18-19(10-16)27-13-26-18/h1-10,12H,11,13H2,(H,23,25). The van der Waals surface area contributed by atoms with Gasteiger partial charge in [-0.25, -0.2) is 4.98 Å². The second kappa shape index (κ2) is 7.69. The molecule has 4 aromatic rings. The minimum Gasteiger partial charge on any atom is -0.454 e. The number of thiophene rings is 1. The molecule has 2 aromatic heterocycles. The summed E-state index contributed by atoms with van der Waals surface area (Å²) < 4.78 is 10.8. The van der Waals surface area contributed by atoms with Crippen LogP contribution in [0.5, 0.6) is 11.5 Å². The van der Waals surface area contributed by atoms with E-state index < -0.39 is 0 Å². The van der Waals surface area contributed by atoms with Crippen molar-refractivity contribution in [2.75, 3.05) is 6.79 Å². The molecule has 1 N–H and O–H groups in total. The summed E-state index contributed by atoms with van der Waals surface area (Å²) in [7, 11) is 0. The first-order valence-corrected chi connectivity index (χ1v) is 10.8. The van der Waals surface area contributed by atoms with Crippen molar-refractivity contribution in [1.82, 2.24) is 10.3 Å². The van der Waals surface area contributed by atoms with Crippen molar-refractivity contribution in [1.29, 1.82) is 0 Å². The van der Waals surface area contributed by atoms with Crippen molar-refractivity contribution >= 4 is 28.6 Å². The van der Waals surface area contributed by atoms with Crippen LogP contribution in [0.4, 0.5) is 0 Å². The van der Waals surface area contributed by atoms with Crippen LogP contribution >= 0.6 is 22.7 Å². The molecule has 5 nitrogen and oxygen atoms in total. The molecule has 0 atom stereocenters. The van der Waals surface area contributed by atoms with Crippen molar-refractivity contribution < 1.29 is 14.3 Å². The molecular weight excluding hydrogens is 404 g/mol. The van der Waals surface area contributed by atoms with Gasteiger partial charge in [-0.2, -0.15) is 0 Å². The van der Waals surface area contributed by atoms with Crippen LogP contribution in [0, 0.1) is 0 Å². The van der Waals surface area contributed by atoms with Crippen LogP contribution in [-0.4, -0.2) is 17.7 Å². The third-order valence-corrected chi connectivity index (χ3v) is 6.33. The Morgan fingerprint density at radius 3 is 2.66 bits per heavy atom. The zero-order valence-electron chi connectivity index (χ0n) is 15.3. The van der Waals surface area contributed by atoms with E-state index in [1.807, 2.05) is 65.4 Å². The molecule has 2 aromatic carbocycles. The van der Waals surface area contributed by atoms with E-state index in [0.717, 1.165) is 43.8 Å². The largest absolute Gasteiger partial charge is 0.454 e. The minimum absolute atomic E-state index is 0.0441. The fourth-order valence-electron chi connectivity index (χ4n) is 3.04. The maximum Gasteiger partial charge on any atom is 0.261 e. The Balaban J connectivity index is 1.28. The van der Waals surface area contributed by atoms with Gasteiger partial charge in [0, 0.05) is 23.1 Å². The summed E-state index contributed by atoms with van der Waals surface area (Å²) in [6.07, 6.45) is 0. The highest BCUT2D eigenvalue weighted by atomic mass is 32.1. The van der Waals surface area contributed by atoms with Gasteiger partial charge in [-0.05, 0) is 35.2 Å². The van der Waals surface area contributed by atoms with Crippen LogP contribution in [0.15, 0.2) is 65.4 Å². The zero-order valence-corrected chi connectivity index (χ0v) is 16.9. The summed E-state index contributed by atoms with van der Waals surface area (Å²) in [5, 5.41) is 7.84. The highest BCUT2D eigenvalue weighted by molar-refractivity contribution is 7.13. The van der Waals surface area contributed by atoms with Crippen molar-refractivity contribution in [3.63, 3.8) is 0 Å². The average Bonchev–Trinajstić information content (AvgIpc) is 3.53. The first-order valence-electron chi connectivity index (χ1n) is 9.03. The monoisotopic (exact) mass is 420 g/mol. The molecule has 0 bridgehead atoms. The number of benzene rings is 2. The number of thiazole rings is 1. The SMILES string of the molecule is O=C(NCc1ccc(-c2nc(-c3ccc4c(c3)OCO4)cs2)cc1)c1cccs1. The number of aromatic nitrogens is 1. The quantitative estimate of drug-likeness (QED) is 0.482. The summed E-state index contributed by atoms with van der Waals surface area (Å²) in [4.78, 5) is 17.5. The molecule has 0 spiro atoms. The molecule has 0 fully saturated rings. The molecule has 5 rings (SSSR count). The summed E-state index contributed by atoms with van der Waals surface area (Å²) in [5.74, 6) is 1.48. The van der Waals surface area contributed by atoms with Gasteiger partial charge >= 0.3 is 0 Å². The van der Waals surface area contributed by atoms with Crippen molar-refractivity contribution in [2.24, 2.45) is 0 Å². The van der Waals surface area contributed by atoms with E-state index in [9.17, 15) is 4.79 Å². The van der Waals surface area contributed by atoms with Crippen LogP contribution < -0.4 is 14.8 Å². The molecule has 0 saturated carbocycles. The normalized spacial score (nSPS) is 12.1. The number of nitrogens with zero attached hydrogens (tertiary/aromatic N) is 1. The Morgan fingerprint density at radius 2 is 1.83 bits per heavy atom. The van der Waals surface area contributed by atoms with Crippen LogP contribution in [0.25, 0.3) is 21.8 Å². The fourth-order valence-corrected chi connectivity index (χ4v) is 4.51. The predicted octanol–water partition coefficient (Wildman–Crippen LogP) is 5.20. The molecule has 0 saturated heterocycles. The molecule has 1 amide bonds. The number of rotatable bonds is 5. The molecular formula is C22H16N2O3S2. The maximum atomic E-state index is 12.0. The van der Waals surface area contributed by atoms with Crippen molar-refractivity contribution in [2.45, 2.75) is 6.54 Å². The Morgan fingerprint density at radius 1 is 1.00 bits per heavy atom. The molecule has 1 aliphatic rings. The number of ether oxygens (including phenoxy) is 2. The van der Waals surface area contributed by atoms with Gasteiger partial charge < -0.3 is 14.8 Å². The third-order valence-electron chi connectivity index (χ3n) is 4.57. The molecule has 0 radical (unpaired) electrons. The van der Waals surface area contributed by atoms with Gasteiger partial charge in [-0.1, -0.05) is 30.3 Å². The lowest BCUT2D eigenvalue weighted by atomic mass is 10.1. The molecule has 7 heteroatoms. The maximum absolute atomic E-state index is 12.0. The molecule has 0 unspecified atom stereocenters. The minimum atomic E-state index is -0.0441. The molecule has 3 heterocycles. The lowest BCUT2D eigenvalue weighted by Crippen LogP contribution is -2.21. The Hall–Kier alpha value is -3.16. The Bertz CT molecular complexity index is 1150.